The van der Waals surface area contributed by atoms with E-state index in [0.717, 1.165) is 27.6 Å². The lowest BCUT2D eigenvalue weighted by Gasteiger charge is -2.35. The first-order valence-electron chi connectivity index (χ1n) is 8.57. The molecule has 1 aromatic heterocycles. The Morgan fingerprint density at radius 2 is 1.77 bits per heavy atom. The molecule has 5 nitrogen and oxygen atoms in total. The van der Waals surface area contributed by atoms with E-state index >= 15 is 0 Å². The number of nitrogens with two attached hydrogens (primary N) is 1. The molecule has 0 unspecified atom stereocenters. The number of amides is 2. The Balaban J connectivity index is 1.77. The van der Waals surface area contributed by atoms with Gasteiger partial charge in [-0.1, -0.05) is 42.5 Å². The highest BCUT2D eigenvalue weighted by Gasteiger charge is 2.34. The van der Waals surface area contributed by atoms with Crippen LogP contribution in [0.3, 0.4) is 0 Å². The number of nitrogens with zero attached hydrogens (tertiary/aromatic N) is 2. The zero-order valence-corrected chi connectivity index (χ0v) is 14.5. The van der Waals surface area contributed by atoms with Gasteiger partial charge in [-0.05, 0) is 29.7 Å². The van der Waals surface area contributed by atoms with E-state index in [9.17, 15) is 9.59 Å². The predicted molar refractivity (Wildman–Crippen MR) is 99.5 cm³/mol. The van der Waals surface area contributed by atoms with Crippen molar-refractivity contribution in [2.24, 2.45) is 5.73 Å². The summed E-state index contributed by atoms with van der Waals surface area (Å²) in [5.74, 6) is -0.696. The largest absolute Gasteiger partial charge is 0.368 e. The van der Waals surface area contributed by atoms with Crippen LogP contribution in [0.4, 0.5) is 0 Å². The third-order valence-corrected chi connectivity index (χ3v) is 5.11. The number of hydrogen-bond donors (Lipinski definition) is 1. The van der Waals surface area contributed by atoms with Crippen LogP contribution in [0.2, 0.25) is 0 Å². The van der Waals surface area contributed by atoms with Crippen molar-refractivity contribution in [2.45, 2.75) is 25.9 Å². The summed E-state index contributed by atoms with van der Waals surface area (Å²) in [7, 11) is 0. The van der Waals surface area contributed by atoms with E-state index in [1.165, 1.54) is 0 Å². The Kier molecular flexibility index (Phi) is 3.92. The van der Waals surface area contributed by atoms with Crippen LogP contribution < -0.4 is 5.73 Å². The summed E-state index contributed by atoms with van der Waals surface area (Å²) in [6.45, 7) is 2.28. The number of fused-ring (bicyclic) bond motifs is 2. The van der Waals surface area contributed by atoms with Crippen molar-refractivity contribution in [1.82, 2.24) is 9.88 Å². The third kappa shape index (κ3) is 2.62. The van der Waals surface area contributed by atoms with Gasteiger partial charge in [0, 0.05) is 24.5 Å². The molecule has 0 saturated carbocycles. The van der Waals surface area contributed by atoms with E-state index < -0.39 is 11.9 Å². The molecule has 1 atom stereocenters. The van der Waals surface area contributed by atoms with Gasteiger partial charge >= 0.3 is 0 Å². The molecule has 0 saturated heterocycles. The quantitative estimate of drug-likeness (QED) is 0.775. The first-order valence-corrected chi connectivity index (χ1v) is 8.57. The van der Waals surface area contributed by atoms with E-state index in [1.807, 2.05) is 55.5 Å². The molecule has 2 N–H and O–H groups in total. The fourth-order valence-corrected chi connectivity index (χ4v) is 3.64. The summed E-state index contributed by atoms with van der Waals surface area (Å²) < 4.78 is 0. The van der Waals surface area contributed by atoms with Crippen molar-refractivity contribution in [3.8, 4) is 0 Å². The highest BCUT2D eigenvalue weighted by atomic mass is 16.2. The minimum absolute atomic E-state index is 0.209. The summed E-state index contributed by atoms with van der Waals surface area (Å²) >= 11 is 0. The minimum Gasteiger partial charge on any atom is -0.368 e. The molecule has 0 bridgehead atoms. The number of carbonyl (C=O) groups is 2. The lowest BCUT2D eigenvalue weighted by molar-refractivity contribution is -0.122. The summed E-state index contributed by atoms with van der Waals surface area (Å²) in [4.78, 5) is 31.3. The van der Waals surface area contributed by atoms with Gasteiger partial charge in [0.15, 0.2) is 0 Å². The highest BCUT2D eigenvalue weighted by molar-refractivity contribution is 6.02. The Morgan fingerprint density at radius 3 is 2.54 bits per heavy atom. The number of benzene rings is 2. The van der Waals surface area contributed by atoms with Gasteiger partial charge in [-0.15, -0.1) is 0 Å². The number of hydrogen-bond acceptors (Lipinski definition) is 3. The molecule has 0 aliphatic carbocycles. The maximum absolute atomic E-state index is 13.3. The first-order chi connectivity index (χ1) is 12.6. The Hall–Kier alpha value is -3.21. The molecular weight excluding hydrogens is 326 g/mol. The molecule has 26 heavy (non-hydrogen) atoms. The third-order valence-electron chi connectivity index (χ3n) is 5.11. The van der Waals surface area contributed by atoms with Crippen LogP contribution in [0.5, 0.6) is 0 Å². The minimum atomic E-state index is -0.650. The van der Waals surface area contributed by atoms with Gasteiger partial charge in [0.2, 0.25) is 5.91 Å². The highest BCUT2D eigenvalue weighted by Crippen LogP contribution is 2.27. The molecule has 2 aromatic carbocycles. The van der Waals surface area contributed by atoms with Crippen LogP contribution >= 0.6 is 0 Å². The van der Waals surface area contributed by atoms with Crippen molar-refractivity contribution in [3.63, 3.8) is 0 Å². The maximum atomic E-state index is 13.3. The van der Waals surface area contributed by atoms with Gasteiger partial charge in [-0.2, -0.15) is 0 Å². The number of aromatic nitrogens is 1. The van der Waals surface area contributed by atoms with Crippen LogP contribution in [0.1, 0.15) is 27.0 Å². The van der Waals surface area contributed by atoms with Crippen molar-refractivity contribution in [2.75, 3.05) is 0 Å². The number of rotatable bonds is 2. The predicted octanol–water partition coefficient (Wildman–Crippen LogP) is 2.60. The van der Waals surface area contributed by atoms with Crippen LogP contribution in [0.25, 0.3) is 10.9 Å². The molecule has 1 aliphatic heterocycles. The number of primary amides is 1. The molecule has 0 radical (unpaired) electrons. The monoisotopic (exact) mass is 345 g/mol. The fraction of sp³-hybridized carbons (Fsp3) is 0.190. The molecule has 5 heteroatoms. The van der Waals surface area contributed by atoms with E-state index in [0.29, 0.717) is 18.5 Å². The fourth-order valence-electron chi connectivity index (χ4n) is 3.64. The average molecular weight is 345 g/mol. The summed E-state index contributed by atoms with van der Waals surface area (Å²) in [5.41, 5.74) is 9.94. The zero-order valence-electron chi connectivity index (χ0n) is 14.5. The molecule has 0 fully saturated rings. The van der Waals surface area contributed by atoms with Gasteiger partial charge < -0.3 is 10.6 Å². The molecule has 130 valence electrons. The summed E-state index contributed by atoms with van der Waals surface area (Å²) in [6.07, 6.45) is 2.04. The maximum Gasteiger partial charge on any atom is 0.256 e. The van der Waals surface area contributed by atoms with Crippen LogP contribution in [0, 0.1) is 6.92 Å². The Labute approximate surface area is 151 Å². The van der Waals surface area contributed by atoms with E-state index in [1.54, 1.807) is 11.1 Å². The number of para-hydroxylation sites is 1. The van der Waals surface area contributed by atoms with Crippen molar-refractivity contribution in [1.29, 1.82) is 0 Å². The van der Waals surface area contributed by atoms with E-state index in [-0.39, 0.29) is 5.91 Å². The topological polar surface area (TPSA) is 76.3 Å². The molecule has 4 rings (SSSR count). The first kappa shape index (κ1) is 16.3. The SMILES string of the molecule is Cc1c(C(=O)N2Cc3ccccc3C[C@H]2C(N)=O)cnc2ccccc12. The second-order valence-electron chi connectivity index (χ2n) is 6.64. The van der Waals surface area contributed by atoms with Crippen molar-refractivity contribution >= 4 is 22.7 Å². The van der Waals surface area contributed by atoms with Crippen molar-refractivity contribution < 1.29 is 9.59 Å². The second kappa shape index (κ2) is 6.26. The van der Waals surface area contributed by atoms with Crippen molar-refractivity contribution in [3.05, 3.63) is 77.0 Å². The van der Waals surface area contributed by atoms with Crippen LogP contribution in [0.15, 0.2) is 54.7 Å². The molecule has 2 amide bonds. The standard InChI is InChI=1S/C21H19N3O2/c1-13-16-8-4-5-9-18(16)23-11-17(13)21(26)24-12-15-7-3-2-6-14(15)10-19(24)20(22)25/h2-9,11,19H,10,12H2,1H3,(H2,22,25)/t19-/m0/s1. The number of aryl methyl sites for hydroxylation is 1. The van der Waals surface area contributed by atoms with Gasteiger partial charge in [0.05, 0.1) is 11.1 Å². The van der Waals surface area contributed by atoms with E-state index in [2.05, 4.69) is 4.98 Å². The average Bonchev–Trinajstić information content (AvgIpc) is 2.67. The molecule has 1 aliphatic rings. The van der Waals surface area contributed by atoms with Gasteiger partial charge in [0.25, 0.3) is 5.91 Å². The number of carbonyl (C=O) groups excluding carboxylic acids is 2. The normalized spacial score (nSPS) is 16.3. The van der Waals surface area contributed by atoms with Crippen LogP contribution in [-0.4, -0.2) is 27.7 Å². The lowest BCUT2D eigenvalue weighted by atomic mass is 9.92. The molecule has 2 heterocycles. The van der Waals surface area contributed by atoms with Gasteiger partial charge in [-0.25, -0.2) is 0 Å². The molecular formula is C21H19N3O2. The van der Waals surface area contributed by atoms with Gasteiger partial charge in [0.1, 0.15) is 6.04 Å². The Bertz CT molecular complexity index is 1030. The smallest absolute Gasteiger partial charge is 0.256 e. The van der Waals surface area contributed by atoms with Gasteiger partial charge in [-0.3, -0.25) is 14.6 Å². The summed E-state index contributed by atoms with van der Waals surface area (Å²) in [6, 6.07) is 14.9. The molecule has 3 aromatic rings. The van der Waals surface area contributed by atoms with E-state index in [4.69, 9.17) is 5.73 Å². The lowest BCUT2D eigenvalue weighted by Crippen LogP contribution is -2.51. The van der Waals surface area contributed by atoms with Crippen LogP contribution in [-0.2, 0) is 17.8 Å². The summed E-state index contributed by atoms with van der Waals surface area (Å²) in [5, 5.41) is 0.936. The zero-order chi connectivity index (χ0) is 18.3. The second-order valence-corrected chi connectivity index (χ2v) is 6.64. The molecule has 0 spiro atoms. The Morgan fingerprint density at radius 1 is 1.08 bits per heavy atom. The number of pyridine rings is 1.